The molecule has 0 aliphatic rings. The minimum atomic E-state index is -0.278. The van der Waals surface area contributed by atoms with Crippen molar-refractivity contribution >= 4 is 81.4 Å². The van der Waals surface area contributed by atoms with Gasteiger partial charge in [0.15, 0.2) is 0 Å². The van der Waals surface area contributed by atoms with Crippen molar-refractivity contribution in [3.63, 3.8) is 0 Å². The predicted octanol–water partition coefficient (Wildman–Crippen LogP) is 4.61. The number of quaternary nitrogens is 1. The van der Waals surface area contributed by atoms with Gasteiger partial charge in [-0.2, -0.15) is 0 Å². The van der Waals surface area contributed by atoms with Gasteiger partial charge in [-0.15, -0.1) is 0 Å². The Balaban J connectivity index is 0. The quantitative estimate of drug-likeness (QED) is 0.257. The Morgan fingerprint density at radius 1 is 1.00 bits per heavy atom. The lowest BCUT2D eigenvalue weighted by Crippen LogP contribution is -2.42. The lowest BCUT2D eigenvalue weighted by Gasteiger charge is -2.30. The summed E-state index contributed by atoms with van der Waals surface area (Å²) in [4.78, 5) is 0. The van der Waals surface area contributed by atoms with Crippen molar-refractivity contribution in [3.8, 4) is 0 Å². The monoisotopic (exact) mass is 587 g/mol. The van der Waals surface area contributed by atoms with Crippen molar-refractivity contribution < 1.29 is 4.48 Å². The van der Waals surface area contributed by atoms with Crippen LogP contribution < -0.4 is 0 Å². The topological polar surface area (TPSA) is 0 Å². The molecule has 0 rings (SSSR count). The van der Waals surface area contributed by atoms with E-state index in [9.17, 15) is 0 Å². The van der Waals surface area contributed by atoms with Crippen LogP contribution in [0.4, 0.5) is 0 Å². The average Bonchev–Trinajstić information content (AvgIpc) is 2.00. The molecule has 0 aliphatic heterocycles. The molecule has 1 nitrogen and oxygen atoms in total. The smallest absolute Gasteiger partial charge is 0.237 e. The van der Waals surface area contributed by atoms with Gasteiger partial charge in [0.2, 0.25) is -1.46 Å². The molecule has 0 spiro atoms. The molecule has 13 heavy (non-hydrogen) atoms. The second kappa shape index (κ2) is 8.80. The van der Waals surface area contributed by atoms with Crippen LogP contribution in [-0.2, 0) is 0 Å². The van der Waals surface area contributed by atoms with Crippen molar-refractivity contribution in [1.82, 2.24) is 0 Å². The van der Waals surface area contributed by atoms with E-state index in [4.69, 9.17) is 0 Å². The SMILES string of the molecule is Br[B-](I)(I)I.CC[N+](C)(CC)CC. The lowest BCUT2D eigenvalue weighted by molar-refractivity contribution is -0.904. The average molecular weight is 588 g/mol. The molecular formula is C7H18BBrI3N. The van der Waals surface area contributed by atoms with Gasteiger partial charge in [0.05, 0.1) is 26.7 Å². The van der Waals surface area contributed by atoms with E-state index >= 15 is 0 Å². The largest absolute Gasteiger partial charge is 0.327 e. The molecule has 0 N–H and O–H groups in total. The highest BCUT2D eigenvalue weighted by Crippen LogP contribution is 2.35. The molecular weight excluding hydrogens is 570 g/mol. The van der Waals surface area contributed by atoms with Gasteiger partial charge >= 0.3 is 0 Å². The molecule has 0 unspecified atom stereocenters. The zero-order chi connectivity index (χ0) is 11.1. The predicted molar refractivity (Wildman–Crippen MR) is 94.5 cm³/mol. The normalized spacial score (nSPS) is 12.0. The molecule has 0 bridgehead atoms. The Hall–Kier alpha value is 2.69. The zero-order valence-corrected chi connectivity index (χ0v) is 16.7. The Morgan fingerprint density at radius 3 is 1.15 bits per heavy atom. The summed E-state index contributed by atoms with van der Waals surface area (Å²) in [5.41, 5.74) is 0. The van der Waals surface area contributed by atoms with Crippen molar-refractivity contribution in [2.24, 2.45) is 0 Å². The van der Waals surface area contributed by atoms with Crippen LogP contribution in [0.2, 0.25) is 0 Å². The van der Waals surface area contributed by atoms with Gasteiger partial charge in [-0.1, -0.05) is 0 Å². The van der Waals surface area contributed by atoms with E-state index in [1.807, 2.05) is 0 Å². The number of hydrogen-bond acceptors (Lipinski definition) is 0. The van der Waals surface area contributed by atoms with E-state index in [2.05, 4.69) is 111 Å². The van der Waals surface area contributed by atoms with Gasteiger partial charge in [-0.05, 0) is 20.8 Å². The second-order valence-electron chi connectivity index (χ2n) is 3.06. The number of rotatable bonds is 3. The van der Waals surface area contributed by atoms with Gasteiger partial charge in [-0.3, -0.25) is 0 Å². The molecule has 0 fully saturated rings. The van der Waals surface area contributed by atoms with Gasteiger partial charge in [0.1, 0.15) is 0 Å². The van der Waals surface area contributed by atoms with Crippen molar-refractivity contribution in [3.05, 3.63) is 0 Å². The first-order chi connectivity index (χ1) is 5.68. The fourth-order valence-corrected chi connectivity index (χ4v) is 0.671. The highest BCUT2D eigenvalue weighted by Gasteiger charge is 2.10. The molecule has 0 saturated carbocycles. The maximum Gasteiger partial charge on any atom is 0.237 e. The Bertz CT molecular complexity index is 111. The van der Waals surface area contributed by atoms with Crippen LogP contribution in [-0.4, -0.2) is 29.7 Å². The highest BCUT2D eigenvalue weighted by molar-refractivity contribution is 14.4. The summed E-state index contributed by atoms with van der Waals surface area (Å²) in [6.07, 6.45) is 0. The molecule has 0 aromatic rings. The van der Waals surface area contributed by atoms with Crippen molar-refractivity contribution in [2.45, 2.75) is 20.8 Å². The Morgan fingerprint density at radius 2 is 1.15 bits per heavy atom. The molecule has 0 amide bonds. The second-order valence-corrected chi connectivity index (χ2v) is 22.3. The first kappa shape index (κ1) is 18.1. The summed E-state index contributed by atoms with van der Waals surface area (Å²) in [5, 5.41) is 0. The van der Waals surface area contributed by atoms with E-state index in [0.29, 0.717) is 0 Å². The van der Waals surface area contributed by atoms with Crippen LogP contribution >= 0.6 is 82.9 Å². The summed E-state index contributed by atoms with van der Waals surface area (Å²) in [6, 6.07) is 0. The highest BCUT2D eigenvalue weighted by atomic mass is 127. The van der Waals surface area contributed by atoms with Crippen LogP contribution in [0.1, 0.15) is 20.8 Å². The third kappa shape index (κ3) is 17.3. The van der Waals surface area contributed by atoms with Gasteiger partial charge in [0, 0.05) is 0 Å². The van der Waals surface area contributed by atoms with Crippen LogP contribution in [0.5, 0.6) is 0 Å². The lowest BCUT2D eigenvalue weighted by atomic mass is 10.4. The number of nitrogens with zero attached hydrogens (tertiary/aromatic N) is 1. The molecule has 0 saturated heterocycles. The van der Waals surface area contributed by atoms with E-state index in [1.165, 1.54) is 24.1 Å². The van der Waals surface area contributed by atoms with E-state index in [1.54, 1.807) is 0 Å². The fourth-order valence-electron chi connectivity index (χ4n) is 0.671. The zero-order valence-electron chi connectivity index (χ0n) is 8.66. The summed E-state index contributed by atoms with van der Waals surface area (Å²) in [7, 11) is 2.29. The Labute approximate surface area is 131 Å². The van der Waals surface area contributed by atoms with Crippen LogP contribution in [0.15, 0.2) is 0 Å². The molecule has 0 aliphatic carbocycles. The summed E-state index contributed by atoms with van der Waals surface area (Å²) in [5.74, 6) is 0. The van der Waals surface area contributed by atoms with Crippen molar-refractivity contribution in [2.75, 3.05) is 26.7 Å². The summed E-state index contributed by atoms with van der Waals surface area (Å²) >= 11 is 10.4. The molecule has 0 aromatic carbocycles. The summed E-state index contributed by atoms with van der Waals surface area (Å²) in [6.45, 7) is 10.5. The molecule has 82 valence electrons. The van der Waals surface area contributed by atoms with Crippen molar-refractivity contribution in [1.29, 1.82) is 0 Å². The van der Waals surface area contributed by atoms with E-state index < -0.39 is 0 Å². The molecule has 0 atom stereocenters. The van der Waals surface area contributed by atoms with Crippen LogP contribution in [0, 0.1) is 0 Å². The maximum atomic E-state index is 3.40. The molecule has 0 aromatic heterocycles. The maximum absolute atomic E-state index is 3.40. The molecule has 0 heterocycles. The standard InChI is InChI=1S/C7H18N.BBrI3/c1-5-8(4,6-2)7-3;2-1(3,4)5/h5-7H2,1-4H3;/q+1;-1. The van der Waals surface area contributed by atoms with Gasteiger partial charge in [-0.25, -0.2) is 0 Å². The minimum absolute atomic E-state index is 0.278. The number of hydrogen-bond donors (Lipinski definition) is 0. The third-order valence-electron chi connectivity index (χ3n) is 2.29. The first-order valence-corrected chi connectivity index (χ1v) is 9.04. The minimum Gasteiger partial charge on any atom is -0.327 e. The van der Waals surface area contributed by atoms with Crippen LogP contribution in [0.25, 0.3) is 0 Å². The Kier molecular flexibility index (Phi) is 12.2. The van der Waals surface area contributed by atoms with E-state index in [-0.39, 0.29) is -1.46 Å². The van der Waals surface area contributed by atoms with Gasteiger partial charge < -0.3 is 87.4 Å². The molecule has 6 heteroatoms. The fraction of sp³-hybridized carbons (Fsp3) is 1.00. The summed E-state index contributed by atoms with van der Waals surface area (Å²) < 4.78 is 0.931. The van der Waals surface area contributed by atoms with Gasteiger partial charge in [0.25, 0.3) is 0 Å². The first-order valence-electron chi connectivity index (χ1n) is 4.39. The van der Waals surface area contributed by atoms with E-state index in [0.717, 1.165) is 0 Å². The third-order valence-corrected chi connectivity index (χ3v) is 2.29. The van der Waals surface area contributed by atoms with Crippen LogP contribution in [0.3, 0.4) is 0 Å². The number of halogens is 4. The molecule has 0 radical (unpaired) electrons.